The van der Waals surface area contributed by atoms with Crippen molar-refractivity contribution in [1.29, 1.82) is 0 Å². The van der Waals surface area contributed by atoms with Gasteiger partial charge in [0.15, 0.2) is 0 Å². The number of allylic oxidation sites excluding steroid dienone is 1. The van der Waals surface area contributed by atoms with E-state index in [0.29, 0.717) is 26.3 Å². The molecule has 1 amide bonds. The van der Waals surface area contributed by atoms with Gasteiger partial charge in [0.05, 0.1) is 33.1 Å². The molecule has 0 bridgehead atoms. The number of fused-ring (bicyclic) bond motifs is 1. The summed E-state index contributed by atoms with van der Waals surface area (Å²) in [5.41, 5.74) is 3.04. The normalized spacial score (nSPS) is 23.0. The van der Waals surface area contributed by atoms with Crippen LogP contribution in [0.15, 0.2) is 53.1 Å². The Morgan fingerprint density at radius 1 is 1.21 bits per heavy atom. The Labute approximate surface area is 183 Å². The Kier molecular flexibility index (Phi) is 5.26. The fourth-order valence-corrected chi connectivity index (χ4v) is 6.50. The average Bonchev–Trinajstić information content (AvgIpc) is 2.74. The fraction of sp³-hybridized carbons (Fsp3) is 0.318. The van der Waals surface area contributed by atoms with Crippen molar-refractivity contribution in [3.63, 3.8) is 0 Å². The molecule has 0 saturated heterocycles. The van der Waals surface area contributed by atoms with E-state index in [1.54, 1.807) is 17.0 Å². The molecule has 0 fully saturated rings. The van der Waals surface area contributed by atoms with E-state index in [9.17, 15) is 9.00 Å². The first-order valence-electron chi connectivity index (χ1n) is 9.40. The molecule has 0 saturated carbocycles. The third-order valence-electron chi connectivity index (χ3n) is 5.27. The third-order valence-corrected chi connectivity index (χ3v) is 7.84. The van der Waals surface area contributed by atoms with Gasteiger partial charge in [-0.05, 0) is 41.7 Å². The molecule has 2 aliphatic rings. The minimum absolute atomic E-state index is 0.120. The topological polar surface area (TPSA) is 49.4 Å². The number of para-hydroxylation sites is 2. The third kappa shape index (κ3) is 3.72. The van der Waals surface area contributed by atoms with Crippen LogP contribution < -0.4 is 10.2 Å². The van der Waals surface area contributed by atoms with E-state index in [4.69, 9.17) is 23.2 Å². The summed E-state index contributed by atoms with van der Waals surface area (Å²) in [5.74, 6) is 0.378. The molecule has 2 aromatic rings. The van der Waals surface area contributed by atoms with Crippen LogP contribution in [0.25, 0.3) is 0 Å². The summed E-state index contributed by atoms with van der Waals surface area (Å²) in [6.45, 7) is 5.75. The second-order valence-electron chi connectivity index (χ2n) is 8.27. The zero-order valence-electron chi connectivity index (χ0n) is 16.5. The summed E-state index contributed by atoms with van der Waals surface area (Å²) in [5, 5.41) is 4.45. The molecule has 29 heavy (non-hydrogen) atoms. The van der Waals surface area contributed by atoms with Crippen molar-refractivity contribution in [2.24, 2.45) is 5.41 Å². The molecule has 0 aromatic heterocycles. The van der Waals surface area contributed by atoms with Gasteiger partial charge in [0.1, 0.15) is 0 Å². The van der Waals surface area contributed by atoms with Crippen LogP contribution in [0.1, 0.15) is 38.8 Å². The number of nitrogens with one attached hydrogen (secondary N) is 1. The zero-order valence-corrected chi connectivity index (χ0v) is 18.8. The lowest BCUT2D eigenvalue weighted by Gasteiger charge is -2.37. The number of nitrogens with zero attached hydrogens (tertiary/aromatic N) is 1. The summed E-state index contributed by atoms with van der Waals surface area (Å²) in [6, 6.07) is 12.3. The highest BCUT2D eigenvalue weighted by molar-refractivity contribution is 7.89. The summed E-state index contributed by atoms with van der Waals surface area (Å²) in [4.78, 5) is 15.3. The van der Waals surface area contributed by atoms with Crippen molar-refractivity contribution in [1.82, 2.24) is 0 Å². The summed E-state index contributed by atoms with van der Waals surface area (Å²) in [7, 11) is -1.28. The minimum atomic E-state index is -1.28. The van der Waals surface area contributed by atoms with Crippen LogP contribution in [0.3, 0.4) is 0 Å². The molecule has 4 nitrogen and oxygen atoms in total. The Balaban J connectivity index is 2.04. The lowest BCUT2D eigenvalue weighted by Crippen LogP contribution is -2.38. The second kappa shape index (κ2) is 7.46. The van der Waals surface area contributed by atoms with Crippen molar-refractivity contribution in [3.8, 4) is 0 Å². The van der Waals surface area contributed by atoms with E-state index in [1.165, 1.54) is 6.92 Å². The van der Waals surface area contributed by atoms with Crippen molar-refractivity contribution < 1.29 is 9.00 Å². The number of carbonyl (C=O) groups excluding carboxylic acids is 1. The maximum atomic E-state index is 13.5. The van der Waals surface area contributed by atoms with Gasteiger partial charge in [-0.1, -0.05) is 55.2 Å². The largest absolute Gasteiger partial charge is 0.356 e. The van der Waals surface area contributed by atoms with E-state index < -0.39 is 16.8 Å². The number of rotatable bonds is 1. The molecule has 7 heteroatoms. The van der Waals surface area contributed by atoms with E-state index in [2.05, 4.69) is 19.2 Å². The van der Waals surface area contributed by atoms with E-state index in [1.807, 2.05) is 30.3 Å². The molecule has 2 aliphatic heterocycles. The highest BCUT2D eigenvalue weighted by Crippen LogP contribution is 2.49. The molecule has 152 valence electrons. The fourth-order valence-electron chi connectivity index (χ4n) is 4.15. The van der Waals surface area contributed by atoms with E-state index in [-0.39, 0.29) is 11.3 Å². The quantitative estimate of drug-likeness (QED) is 0.590. The van der Waals surface area contributed by atoms with Crippen LogP contribution in [0, 0.1) is 5.41 Å². The molecular weight excluding hydrogens is 427 g/mol. The average molecular weight is 449 g/mol. The molecule has 0 aliphatic carbocycles. The van der Waals surface area contributed by atoms with E-state index in [0.717, 1.165) is 23.5 Å². The van der Waals surface area contributed by atoms with Crippen LogP contribution in [-0.2, 0) is 15.6 Å². The van der Waals surface area contributed by atoms with Gasteiger partial charge in [0, 0.05) is 28.4 Å². The van der Waals surface area contributed by atoms with Gasteiger partial charge in [-0.25, -0.2) is 0 Å². The highest BCUT2D eigenvalue weighted by atomic mass is 35.5. The van der Waals surface area contributed by atoms with Crippen LogP contribution >= 0.6 is 23.2 Å². The molecule has 2 heterocycles. The Hall–Kier alpha value is -1.82. The summed E-state index contributed by atoms with van der Waals surface area (Å²) < 4.78 is 13.5. The Morgan fingerprint density at radius 3 is 2.62 bits per heavy atom. The zero-order chi connectivity index (χ0) is 20.9. The molecule has 2 atom stereocenters. The molecule has 2 aromatic carbocycles. The lowest BCUT2D eigenvalue weighted by atomic mass is 9.88. The SMILES string of the molecule is CC(=O)N1c2ccccc2NC2=C(C1c1ccc(Cl)cc1Cl)S(=O)CC(C)(C)C2. The van der Waals surface area contributed by atoms with Gasteiger partial charge in [0.25, 0.3) is 0 Å². The molecule has 4 rings (SSSR count). The molecule has 1 N–H and O–H groups in total. The molecular formula is C22H22Cl2N2O2S. The molecule has 0 spiro atoms. The van der Waals surface area contributed by atoms with Crippen molar-refractivity contribution in [2.75, 3.05) is 16.0 Å². The first-order valence-corrected chi connectivity index (χ1v) is 11.5. The first-order chi connectivity index (χ1) is 13.7. The number of anilines is 2. The number of hydrogen-bond acceptors (Lipinski definition) is 3. The van der Waals surface area contributed by atoms with Crippen LogP contribution in [0.4, 0.5) is 11.4 Å². The van der Waals surface area contributed by atoms with Gasteiger partial charge in [-0.15, -0.1) is 0 Å². The highest BCUT2D eigenvalue weighted by Gasteiger charge is 2.42. The predicted octanol–water partition coefficient (Wildman–Crippen LogP) is 5.90. The maximum absolute atomic E-state index is 13.5. The van der Waals surface area contributed by atoms with Crippen LogP contribution in [-0.4, -0.2) is 15.9 Å². The monoisotopic (exact) mass is 448 g/mol. The smallest absolute Gasteiger partial charge is 0.224 e. The first kappa shape index (κ1) is 20.5. The molecule has 2 unspecified atom stereocenters. The number of benzene rings is 2. The standard InChI is InChI=1S/C22H22Cl2N2O2S/c1-13(27)26-19-7-5-4-6-17(19)25-18-11-22(2,3)12-29(28)21(18)20(26)15-9-8-14(23)10-16(15)24/h4-10,20,25H,11-12H2,1-3H3. The van der Waals surface area contributed by atoms with E-state index >= 15 is 0 Å². The van der Waals surface area contributed by atoms with Crippen molar-refractivity contribution >= 4 is 51.3 Å². The van der Waals surface area contributed by atoms with Crippen molar-refractivity contribution in [3.05, 3.63) is 68.7 Å². The van der Waals surface area contributed by atoms with Crippen LogP contribution in [0.2, 0.25) is 10.0 Å². The Bertz CT molecular complexity index is 1060. The summed E-state index contributed by atoms with van der Waals surface area (Å²) >= 11 is 12.7. The van der Waals surface area contributed by atoms with Crippen molar-refractivity contribution in [2.45, 2.75) is 33.2 Å². The van der Waals surface area contributed by atoms with Gasteiger partial charge >= 0.3 is 0 Å². The van der Waals surface area contributed by atoms with Gasteiger partial charge < -0.3 is 5.32 Å². The number of amides is 1. The van der Waals surface area contributed by atoms with Gasteiger partial charge in [-0.3, -0.25) is 13.9 Å². The predicted molar refractivity (Wildman–Crippen MR) is 121 cm³/mol. The summed E-state index contributed by atoms with van der Waals surface area (Å²) in [6.07, 6.45) is 0.732. The lowest BCUT2D eigenvalue weighted by molar-refractivity contribution is -0.116. The van der Waals surface area contributed by atoms with Crippen LogP contribution in [0.5, 0.6) is 0 Å². The van der Waals surface area contributed by atoms with Gasteiger partial charge in [-0.2, -0.15) is 0 Å². The minimum Gasteiger partial charge on any atom is -0.356 e. The number of hydrogen-bond donors (Lipinski definition) is 1. The second-order valence-corrected chi connectivity index (χ2v) is 10.5. The number of halogens is 2. The molecule has 0 radical (unpaired) electrons. The van der Waals surface area contributed by atoms with Gasteiger partial charge in [0.2, 0.25) is 5.91 Å². The maximum Gasteiger partial charge on any atom is 0.224 e. The number of carbonyl (C=O) groups is 1. The Morgan fingerprint density at radius 2 is 1.93 bits per heavy atom.